The minimum Gasteiger partial charge on any atom is -0.449 e. The van der Waals surface area contributed by atoms with Gasteiger partial charge in [0.15, 0.2) is 6.10 Å². The van der Waals surface area contributed by atoms with Crippen LogP contribution in [0.5, 0.6) is 0 Å². The lowest BCUT2D eigenvalue weighted by Crippen LogP contribution is -2.30. The smallest absolute Gasteiger partial charge is 0.340 e. The van der Waals surface area contributed by atoms with Gasteiger partial charge in [-0.05, 0) is 57.9 Å². The van der Waals surface area contributed by atoms with E-state index in [0.717, 1.165) is 10.8 Å². The molecule has 0 aromatic heterocycles. The van der Waals surface area contributed by atoms with Gasteiger partial charge in [0, 0.05) is 10.2 Å². The van der Waals surface area contributed by atoms with E-state index in [0.29, 0.717) is 15.7 Å². The Morgan fingerprint density at radius 1 is 0.960 bits per heavy atom. The number of anilines is 1. The van der Waals surface area contributed by atoms with E-state index in [2.05, 4.69) is 21.2 Å². The Morgan fingerprint density at radius 3 is 2.40 bits per heavy atom. The predicted octanol–water partition coefficient (Wildman–Crippen LogP) is 4.79. The number of fused-ring (bicyclic) bond motifs is 1. The zero-order valence-corrected chi connectivity index (χ0v) is 15.1. The third-order valence-electron chi connectivity index (χ3n) is 3.76. The maximum absolute atomic E-state index is 12.3. The van der Waals surface area contributed by atoms with Crippen LogP contribution in [0.15, 0.2) is 71.2 Å². The van der Waals surface area contributed by atoms with Crippen LogP contribution in [-0.4, -0.2) is 18.0 Å². The van der Waals surface area contributed by atoms with Crippen molar-refractivity contribution in [2.24, 2.45) is 0 Å². The summed E-state index contributed by atoms with van der Waals surface area (Å²) in [6, 6.07) is 20.4. The van der Waals surface area contributed by atoms with Crippen LogP contribution < -0.4 is 5.32 Å². The minimum absolute atomic E-state index is 0.379. The van der Waals surface area contributed by atoms with Gasteiger partial charge in [-0.2, -0.15) is 0 Å². The van der Waals surface area contributed by atoms with Gasteiger partial charge in [-0.1, -0.05) is 42.5 Å². The summed E-state index contributed by atoms with van der Waals surface area (Å²) in [4.78, 5) is 24.5. The summed E-state index contributed by atoms with van der Waals surface area (Å²) in [6.07, 6.45) is -0.911. The Hall–Kier alpha value is -2.66. The van der Waals surface area contributed by atoms with E-state index >= 15 is 0 Å². The van der Waals surface area contributed by atoms with Crippen molar-refractivity contribution in [1.29, 1.82) is 0 Å². The average Bonchev–Trinajstić information content (AvgIpc) is 2.61. The van der Waals surface area contributed by atoms with Crippen LogP contribution in [0.3, 0.4) is 0 Å². The van der Waals surface area contributed by atoms with Gasteiger partial charge in [0.05, 0.1) is 5.56 Å². The first-order valence-electron chi connectivity index (χ1n) is 7.80. The van der Waals surface area contributed by atoms with Crippen molar-refractivity contribution in [3.63, 3.8) is 0 Å². The van der Waals surface area contributed by atoms with Crippen LogP contribution in [-0.2, 0) is 9.53 Å². The molecule has 1 N–H and O–H groups in total. The van der Waals surface area contributed by atoms with E-state index in [9.17, 15) is 9.59 Å². The molecule has 25 heavy (non-hydrogen) atoms. The lowest BCUT2D eigenvalue weighted by atomic mass is 10.1. The van der Waals surface area contributed by atoms with Crippen LogP contribution in [0.4, 0.5) is 5.69 Å². The first-order chi connectivity index (χ1) is 12.0. The molecular weight excluding hydrogens is 382 g/mol. The summed E-state index contributed by atoms with van der Waals surface area (Å²) in [5.41, 5.74) is 1.04. The van der Waals surface area contributed by atoms with Gasteiger partial charge < -0.3 is 10.1 Å². The lowest BCUT2D eigenvalue weighted by molar-refractivity contribution is -0.123. The molecule has 5 heteroatoms. The Morgan fingerprint density at radius 2 is 1.64 bits per heavy atom. The number of nitrogens with one attached hydrogen (secondary N) is 1. The summed E-state index contributed by atoms with van der Waals surface area (Å²) >= 11 is 3.30. The van der Waals surface area contributed by atoms with Gasteiger partial charge >= 0.3 is 5.97 Å². The Kier molecular flexibility index (Phi) is 5.14. The average molecular weight is 398 g/mol. The largest absolute Gasteiger partial charge is 0.449 e. The quantitative estimate of drug-likeness (QED) is 0.644. The molecule has 0 unspecified atom stereocenters. The van der Waals surface area contributed by atoms with Crippen molar-refractivity contribution >= 4 is 44.3 Å². The molecule has 0 heterocycles. The van der Waals surface area contributed by atoms with Gasteiger partial charge in [-0.3, -0.25) is 4.79 Å². The zero-order valence-electron chi connectivity index (χ0n) is 13.5. The van der Waals surface area contributed by atoms with E-state index in [1.54, 1.807) is 31.2 Å². The fourth-order valence-electron chi connectivity index (χ4n) is 2.42. The molecule has 0 fully saturated rings. The van der Waals surface area contributed by atoms with Crippen molar-refractivity contribution in [1.82, 2.24) is 0 Å². The molecule has 0 saturated heterocycles. The molecular formula is C20H16BrNO3. The number of hydrogen-bond acceptors (Lipinski definition) is 3. The van der Waals surface area contributed by atoms with Crippen LogP contribution in [0.25, 0.3) is 10.8 Å². The SMILES string of the molecule is C[C@@H](OC(=O)c1ccccc1Br)C(=O)Nc1ccc2ccccc2c1. The van der Waals surface area contributed by atoms with Crippen LogP contribution in [0.1, 0.15) is 17.3 Å². The molecule has 3 aromatic carbocycles. The Labute approximate surface area is 153 Å². The van der Waals surface area contributed by atoms with Gasteiger partial charge in [0.2, 0.25) is 0 Å². The first kappa shape index (κ1) is 17.2. The minimum atomic E-state index is -0.911. The van der Waals surface area contributed by atoms with Gasteiger partial charge in [-0.15, -0.1) is 0 Å². The van der Waals surface area contributed by atoms with Crippen LogP contribution in [0, 0.1) is 0 Å². The number of carbonyl (C=O) groups is 2. The van der Waals surface area contributed by atoms with E-state index in [1.807, 2.05) is 42.5 Å². The maximum atomic E-state index is 12.3. The van der Waals surface area contributed by atoms with Gasteiger partial charge in [-0.25, -0.2) is 4.79 Å². The number of hydrogen-bond donors (Lipinski definition) is 1. The summed E-state index contributed by atoms with van der Waals surface area (Å²) < 4.78 is 5.88. The third kappa shape index (κ3) is 4.06. The van der Waals surface area contributed by atoms with E-state index in [1.165, 1.54) is 0 Å². The summed E-state index contributed by atoms with van der Waals surface area (Å²) in [5.74, 6) is -0.927. The van der Waals surface area contributed by atoms with Crippen LogP contribution >= 0.6 is 15.9 Å². The highest BCUT2D eigenvalue weighted by Gasteiger charge is 2.20. The maximum Gasteiger partial charge on any atom is 0.340 e. The van der Waals surface area contributed by atoms with Crippen molar-refractivity contribution in [2.45, 2.75) is 13.0 Å². The number of esters is 1. The number of benzene rings is 3. The molecule has 126 valence electrons. The Bertz CT molecular complexity index is 939. The molecule has 1 atom stereocenters. The second-order valence-electron chi connectivity index (χ2n) is 5.58. The molecule has 3 rings (SSSR count). The highest BCUT2D eigenvalue weighted by Crippen LogP contribution is 2.20. The zero-order chi connectivity index (χ0) is 17.8. The summed E-state index contributed by atoms with van der Waals surface area (Å²) in [6.45, 7) is 1.55. The molecule has 0 radical (unpaired) electrons. The van der Waals surface area contributed by atoms with Gasteiger partial charge in [0.1, 0.15) is 0 Å². The fourth-order valence-corrected chi connectivity index (χ4v) is 2.86. The highest BCUT2D eigenvalue weighted by molar-refractivity contribution is 9.10. The molecule has 4 nitrogen and oxygen atoms in total. The monoisotopic (exact) mass is 397 g/mol. The van der Waals surface area contributed by atoms with E-state index in [4.69, 9.17) is 4.74 Å². The molecule has 1 amide bonds. The molecule has 0 aliphatic heterocycles. The molecule has 0 bridgehead atoms. The number of amides is 1. The van der Waals surface area contributed by atoms with Crippen molar-refractivity contribution in [3.05, 3.63) is 76.8 Å². The van der Waals surface area contributed by atoms with E-state index < -0.39 is 12.1 Å². The second kappa shape index (κ2) is 7.49. The normalized spacial score (nSPS) is 11.8. The third-order valence-corrected chi connectivity index (χ3v) is 4.46. The molecule has 0 spiro atoms. The lowest BCUT2D eigenvalue weighted by Gasteiger charge is -2.14. The molecule has 3 aromatic rings. The topological polar surface area (TPSA) is 55.4 Å². The van der Waals surface area contributed by atoms with Gasteiger partial charge in [0.25, 0.3) is 5.91 Å². The predicted molar refractivity (Wildman–Crippen MR) is 102 cm³/mol. The number of rotatable bonds is 4. The molecule has 0 saturated carbocycles. The Balaban J connectivity index is 1.67. The first-order valence-corrected chi connectivity index (χ1v) is 8.59. The highest BCUT2D eigenvalue weighted by atomic mass is 79.9. The molecule has 0 aliphatic carbocycles. The van der Waals surface area contributed by atoms with E-state index in [-0.39, 0.29) is 5.91 Å². The number of ether oxygens (including phenoxy) is 1. The van der Waals surface area contributed by atoms with Crippen molar-refractivity contribution in [3.8, 4) is 0 Å². The van der Waals surface area contributed by atoms with Crippen LogP contribution in [0.2, 0.25) is 0 Å². The fraction of sp³-hybridized carbons (Fsp3) is 0.100. The molecule has 0 aliphatic rings. The summed E-state index contributed by atoms with van der Waals surface area (Å²) in [7, 11) is 0. The second-order valence-corrected chi connectivity index (χ2v) is 6.43. The number of halogens is 1. The number of carbonyl (C=O) groups excluding carboxylic acids is 2. The van der Waals surface area contributed by atoms with Crippen molar-refractivity contribution in [2.75, 3.05) is 5.32 Å². The standard InChI is InChI=1S/C20H16BrNO3/c1-13(25-20(24)17-8-4-5-9-18(17)21)19(23)22-16-11-10-14-6-2-3-7-15(14)12-16/h2-13H,1H3,(H,22,23)/t13-/m1/s1. The van der Waals surface area contributed by atoms with Crippen molar-refractivity contribution < 1.29 is 14.3 Å². The summed E-state index contributed by atoms with van der Waals surface area (Å²) in [5, 5.41) is 4.90.